The summed E-state index contributed by atoms with van der Waals surface area (Å²) in [6, 6.07) is 13.3. The van der Waals surface area contributed by atoms with Crippen LogP contribution in [0.15, 0.2) is 54.9 Å². The highest BCUT2D eigenvalue weighted by Gasteiger charge is 2.09. The first kappa shape index (κ1) is 18.8. The predicted octanol–water partition coefficient (Wildman–Crippen LogP) is 4.13. The van der Waals surface area contributed by atoms with E-state index in [4.69, 9.17) is 0 Å². The van der Waals surface area contributed by atoms with Crippen LogP contribution >= 0.6 is 0 Å². The summed E-state index contributed by atoms with van der Waals surface area (Å²) in [5, 5.41) is 2.86. The van der Waals surface area contributed by atoms with E-state index in [1.54, 1.807) is 23.0 Å². The van der Waals surface area contributed by atoms with E-state index in [1.807, 2.05) is 13.0 Å². The summed E-state index contributed by atoms with van der Waals surface area (Å²) in [5.74, 6) is 0.352. The van der Waals surface area contributed by atoms with Crippen LogP contribution < -0.4 is 5.32 Å². The molecule has 0 fully saturated rings. The lowest BCUT2D eigenvalue weighted by molar-refractivity contribution is -0.121. The van der Waals surface area contributed by atoms with E-state index in [2.05, 4.69) is 41.5 Å². The number of carbonyl (C=O) groups excluding carboxylic acids is 1. The van der Waals surface area contributed by atoms with Gasteiger partial charge in [0, 0.05) is 25.4 Å². The second-order valence-electron chi connectivity index (χ2n) is 6.58. The maximum Gasteiger partial charge on any atom is 0.220 e. The molecule has 3 aromatic rings. The van der Waals surface area contributed by atoms with Crippen LogP contribution in [0.2, 0.25) is 0 Å². The molecular weight excluding hydrogens is 341 g/mol. The molecule has 0 saturated carbocycles. The molecule has 0 unspecified atom stereocenters. The van der Waals surface area contributed by atoms with Crippen molar-refractivity contribution >= 4 is 5.91 Å². The second-order valence-corrected chi connectivity index (χ2v) is 6.58. The Labute approximate surface area is 159 Å². The Kier molecular flexibility index (Phi) is 6.01. The highest BCUT2D eigenvalue weighted by molar-refractivity contribution is 5.76. The maximum absolute atomic E-state index is 14.4. The smallest absolute Gasteiger partial charge is 0.220 e. The highest BCUT2D eigenvalue weighted by atomic mass is 19.1. The van der Waals surface area contributed by atoms with Crippen molar-refractivity contribution in [3.8, 4) is 5.69 Å². The van der Waals surface area contributed by atoms with Crippen molar-refractivity contribution in [2.24, 2.45) is 0 Å². The average molecular weight is 365 g/mol. The molecule has 0 aliphatic heterocycles. The number of halogens is 1. The summed E-state index contributed by atoms with van der Waals surface area (Å²) in [7, 11) is 0. The third kappa shape index (κ3) is 4.82. The number of carbonyl (C=O) groups is 1. The summed E-state index contributed by atoms with van der Waals surface area (Å²) in [6.45, 7) is 4.26. The number of aryl methyl sites for hydroxylation is 3. The predicted molar refractivity (Wildman–Crippen MR) is 104 cm³/mol. The van der Waals surface area contributed by atoms with Crippen molar-refractivity contribution in [2.45, 2.75) is 39.7 Å². The van der Waals surface area contributed by atoms with Crippen LogP contribution in [0.4, 0.5) is 4.39 Å². The molecule has 27 heavy (non-hydrogen) atoms. The number of nitrogens with one attached hydrogen (secondary N) is 1. The second kappa shape index (κ2) is 8.62. The zero-order valence-electron chi connectivity index (χ0n) is 15.7. The molecule has 140 valence electrons. The molecule has 1 heterocycles. The van der Waals surface area contributed by atoms with E-state index in [0.29, 0.717) is 25.1 Å². The van der Waals surface area contributed by atoms with Gasteiger partial charge in [-0.25, -0.2) is 9.37 Å². The molecule has 1 N–H and O–H groups in total. The molecule has 0 aliphatic rings. The minimum absolute atomic E-state index is 0.0375. The van der Waals surface area contributed by atoms with Gasteiger partial charge in [0.2, 0.25) is 5.91 Å². The summed E-state index contributed by atoms with van der Waals surface area (Å²) in [5.41, 5.74) is 3.62. The van der Waals surface area contributed by atoms with E-state index in [9.17, 15) is 9.18 Å². The first-order valence-corrected chi connectivity index (χ1v) is 9.20. The topological polar surface area (TPSA) is 46.9 Å². The minimum Gasteiger partial charge on any atom is -0.352 e. The maximum atomic E-state index is 14.4. The lowest BCUT2D eigenvalue weighted by atomic mass is 10.1. The zero-order valence-corrected chi connectivity index (χ0v) is 15.7. The van der Waals surface area contributed by atoms with Crippen LogP contribution in [-0.4, -0.2) is 15.5 Å². The molecule has 5 heteroatoms. The van der Waals surface area contributed by atoms with Gasteiger partial charge in [-0.05, 0) is 48.6 Å². The van der Waals surface area contributed by atoms with Gasteiger partial charge in [-0.2, -0.15) is 0 Å². The molecule has 0 aliphatic carbocycles. The number of imidazole rings is 1. The molecule has 0 spiro atoms. The van der Waals surface area contributed by atoms with Crippen LogP contribution in [0.1, 0.15) is 35.9 Å². The third-order valence-electron chi connectivity index (χ3n) is 4.66. The molecule has 0 saturated heterocycles. The van der Waals surface area contributed by atoms with Gasteiger partial charge in [-0.1, -0.05) is 37.3 Å². The fraction of sp³-hybridized carbons (Fsp3) is 0.273. The molecule has 1 aromatic heterocycles. The zero-order chi connectivity index (χ0) is 19.2. The molecule has 1 amide bonds. The fourth-order valence-electron chi connectivity index (χ4n) is 2.98. The first-order chi connectivity index (χ1) is 13.1. The summed E-state index contributed by atoms with van der Waals surface area (Å²) in [6.07, 6.45) is 5.49. The lowest BCUT2D eigenvalue weighted by Gasteiger charge is -2.10. The number of amides is 1. The molecule has 2 aromatic carbocycles. The van der Waals surface area contributed by atoms with Crippen LogP contribution in [0.3, 0.4) is 0 Å². The monoisotopic (exact) mass is 365 g/mol. The summed E-state index contributed by atoms with van der Waals surface area (Å²) >= 11 is 0. The van der Waals surface area contributed by atoms with E-state index in [0.717, 1.165) is 23.4 Å². The lowest BCUT2D eigenvalue weighted by Crippen LogP contribution is -2.23. The third-order valence-corrected chi connectivity index (χ3v) is 4.66. The Balaban J connectivity index is 1.52. The Morgan fingerprint density at radius 2 is 1.81 bits per heavy atom. The van der Waals surface area contributed by atoms with E-state index < -0.39 is 0 Å². The first-order valence-electron chi connectivity index (χ1n) is 9.20. The Bertz CT molecular complexity index is 916. The normalized spacial score (nSPS) is 10.8. The molecular formula is C22H24FN3O. The number of benzene rings is 2. The number of aromatic nitrogens is 2. The summed E-state index contributed by atoms with van der Waals surface area (Å²) in [4.78, 5) is 16.2. The average Bonchev–Trinajstić information content (AvgIpc) is 3.11. The largest absolute Gasteiger partial charge is 0.352 e. The van der Waals surface area contributed by atoms with Crippen LogP contribution in [0, 0.1) is 12.7 Å². The van der Waals surface area contributed by atoms with E-state index in [-0.39, 0.29) is 11.7 Å². The number of nitrogens with zero attached hydrogens (tertiary/aromatic N) is 2. The van der Waals surface area contributed by atoms with Gasteiger partial charge in [0.25, 0.3) is 0 Å². The molecule has 4 nitrogen and oxygen atoms in total. The standard InChI is InChI=1S/C22H24FN3O/c1-3-17-4-6-18(7-5-17)9-11-22(27)25-15-19-8-10-21(20(23)14-19)26-13-12-24-16(26)2/h4-8,10,12-14H,3,9,11,15H2,1-2H3,(H,25,27). The van der Waals surface area contributed by atoms with Crippen molar-refractivity contribution in [1.29, 1.82) is 0 Å². The minimum atomic E-state index is -0.334. The van der Waals surface area contributed by atoms with Gasteiger partial charge < -0.3 is 9.88 Å². The Morgan fingerprint density at radius 3 is 2.44 bits per heavy atom. The Morgan fingerprint density at radius 1 is 1.11 bits per heavy atom. The van der Waals surface area contributed by atoms with Gasteiger partial charge in [0.1, 0.15) is 11.6 Å². The summed E-state index contributed by atoms with van der Waals surface area (Å²) < 4.78 is 16.1. The van der Waals surface area contributed by atoms with E-state index in [1.165, 1.54) is 11.6 Å². The van der Waals surface area contributed by atoms with Gasteiger partial charge in [-0.3, -0.25) is 4.79 Å². The molecule has 3 rings (SSSR count). The van der Waals surface area contributed by atoms with Gasteiger partial charge in [0.15, 0.2) is 0 Å². The van der Waals surface area contributed by atoms with Crippen LogP contribution in [0.25, 0.3) is 5.69 Å². The number of hydrogen-bond donors (Lipinski definition) is 1. The fourth-order valence-corrected chi connectivity index (χ4v) is 2.98. The van der Waals surface area contributed by atoms with Crippen LogP contribution in [-0.2, 0) is 24.2 Å². The van der Waals surface area contributed by atoms with Gasteiger partial charge >= 0.3 is 0 Å². The van der Waals surface area contributed by atoms with Crippen molar-refractivity contribution < 1.29 is 9.18 Å². The van der Waals surface area contributed by atoms with Gasteiger partial charge in [-0.15, -0.1) is 0 Å². The van der Waals surface area contributed by atoms with Gasteiger partial charge in [0.05, 0.1) is 5.69 Å². The molecule has 0 atom stereocenters. The van der Waals surface area contributed by atoms with Crippen molar-refractivity contribution in [3.63, 3.8) is 0 Å². The number of hydrogen-bond acceptors (Lipinski definition) is 2. The molecule has 0 bridgehead atoms. The quantitative estimate of drug-likeness (QED) is 0.684. The molecule has 0 radical (unpaired) electrons. The van der Waals surface area contributed by atoms with Crippen LogP contribution in [0.5, 0.6) is 0 Å². The Hall–Kier alpha value is -2.95. The van der Waals surface area contributed by atoms with Crippen molar-refractivity contribution in [2.75, 3.05) is 0 Å². The highest BCUT2D eigenvalue weighted by Crippen LogP contribution is 2.17. The van der Waals surface area contributed by atoms with Crippen molar-refractivity contribution in [3.05, 3.63) is 83.2 Å². The SMILES string of the molecule is CCc1ccc(CCC(=O)NCc2ccc(-n3ccnc3C)c(F)c2)cc1. The van der Waals surface area contributed by atoms with Crippen molar-refractivity contribution in [1.82, 2.24) is 14.9 Å². The number of rotatable bonds is 7. The van der Waals surface area contributed by atoms with E-state index >= 15 is 0 Å².